The largest absolute Gasteiger partial charge is 0.326 e. The Morgan fingerprint density at radius 2 is 1.87 bits per heavy atom. The molecule has 1 amide bonds. The van der Waals surface area contributed by atoms with Gasteiger partial charge in [0.05, 0.1) is 13.1 Å². The van der Waals surface area contributed by atoms with Crippen LogP contribution in [0.1, 0.15) is 19.8 Å². The van der Waals surface area contributed by atoms with Crippen LogP contribution in [0.5, 0.6) is 0 Å². The molecule has 0 bridgehead atoms. The highest BCUT2D eigenvalue weighted by Gasteiger charge is 2.28. The Bertz CT molecular complexity index is 1040. The molecule has 156 valence electrons. The molecule has 0 atom stereocenters. The zero-order valence-corrected chi connectivity index (χ0v) is 17.9. The average Bonchev–Trinajstić information content (AvgIpc) is 3.10. The number of rotatable bonds is 6. The van der Waals surface area contributed by atoms with Gasteiger partial charge in [-0.15, -0.1) is 5.10 Å². The van der Waals surface area contributed by atoms with Crippen LogP contribution in [0.25, 0.3) is 11.4 Å². The van der Waals surface area contributed by atoms with Gasteiger partial charge in [0.25, 0.3) is 0 Å². The molecule has 8 heteroatoms. The number of hydrogen-bond acceptors (Lipinski definition) is 4. The van der Waals surface area contributed by atoms with E-state index in [0.717, 1.165) is 61.0 Å². The number of piperidine rings is 1. The molecule has 0 saturated carbocycles. The van der Waals surface area contributed by atoms with Crippen molar-refractivity contribution in [1.29, 1.82) is 0 Å². The van der Waals surface area contributed by atoms with E-state index in [0.29, 0.717) is 0 Å². The molecule has 2 N–H and O–H groups in total. The Morgan fingerprint density at radius 3 is 2.53 bits per heavy atom. The van der Waals surface area contributed by atoms with Crippen molar-refractivity contribution in [3.8, 4) is 11.4 Å². The van der Waals surface area contributed by atoms with E-state index in [-0.39, 0.29) is 11.8 Å². The summed E-state index contributed by atoms with van der Waals surface area (Å²) in [4.78, 5) is 18.1. The lowest BCUT2D eigenvalue weighted by Crippen LogP contribution is -3.12. The van der Waals surface area contributed by atoms with E-state index in [4.69, 9.17) is 17.3 Å². The number of anilines is 1. The van der Waals surface area contributed by atoms with Crippen LogP contribution < -0.4 is 10.2 Å². The molecule has 1 aromatic carbocycles. The number of nitrogens with zero attached hydrogens (tertiary/aromatic N) is 4. The summed E-state index contributed by atoms with van der Waals surface area (Å²) in [7, 11) is 0. The molecule has 30 heavy (non-hydrogen) atoms. The van der Waals surface area contributed by atoms with Gasteiger partial charge in [0.15, 0.2) is 12.5 Å². The first-order valence-corrected chi connectivity index (χ1v) is 10.8. The molecule has 7 nitrogen and oxygen atoms in total. The maximum atomic E-state index is 12.6. The van der Waals surface area contributed by atoms with Crippen LogP contribution in [0.2, 0.25) is 0 Å². The molecular formula is C22H27N6OS+. The number of quaternary nitrogens is 1. The predicted molar refractivity (Wildman–Crippen MR) is 118 cm³/mol. The van der Waals surface area contributed by atoms with Crippen LogP contribution in [0.3, 0.4) is 0 Å². The number of para-hydroxylation sites is 1. The monoisotopic (exact) mass is 423 g/mol. The minimum atomic E-state index is 0.0579. The highest BCUT2D eigenvalue weighted by molar-refractivity contribution is 7.71. The van der Waals surface area contributed by atoms with Crippen molar-refractivity contribution < 1.29 is 9.69 Å². The van der Waals surface area contributed by atoms with Gasteiger partial charge in [-0.1, -0.05) is 18.2 Å². The van der Waals surface area contributed by atoms with Gasteiger partial charge in [0, 0.05) is 48.9 Å². The third-order valence-corrected chi connectivity index (χ3v) is 6.09. The van der Waals surface area contributed by atoms with Crippen LogP contribution in [0.4, 0.5) is 5.69 Å². The zero-order chi connectivity index (χ0) is 20.9. The van der Waals surface area contributed by atoms with Gasteiger partial charge in [0.2, 0.25) is 10.7 Å². The van der Waals surface area contributed by atoms with Gasteiger partial charge in [-0.05, 0) is 43.4 Å². The summed E-state index contributed by atoms with van der Waals surface area (Å²) in [6.45, 7) is 5.43. The summed E-state index contributed by atoms with van der Waals surface area (Å²) in [5.41, 5.74) is 1.88. The zero-order valence-electron chi connectivity index (χ0n) is 17.1. The number of nitrogens with one attached hydrogen (secondary N) is 2. The Balaban J connectivity index is 1.39. The number of hydrogen-bond donors (Lipinski definition) is 2. The van der Waals surface area contributed by atoms with Crippen LogP contribution >= 0.6 is 12.2 Å². The van der Waals surface area contributed by atoms with E-state index in [9.17, 15) is 4.79 Å². The summed E-state index contributed by atoms with van der Waals surface area (Å²) in [5.74, 6) is 1.05. The Kier molecular flexibility index (Phi) is 6.35. The fourth-order valence-electron chi connectivity index (χ4n) is 3.97. The van der Waals surface area contributed by atoms with Gasteiger partial charge in [-0.25, -0.2) is 0 Å². The molecule has 1 fully saturated rings. The van der Waals surface area contributed by atoms with Crippen molar-refractivity contribution in [2.24, 2.45) is 5.92 Å². The van der Waals surface area contributed by atoms with E-state index in [1.807, 2.05) is 47.1 Å². The third-order valence-electron chi connectivity index (χ3n) is 5.66. The first-order chi connectivity index (χ1) is 14.7. The van der Waals surface area contributed by atoms with Gasteiger partial charge in [-0.3, -0.25) is 9.78 Å². The van der Waals surface area contributed by atoms with Crippen molar-refractivity contribution in [1.82, 2.24) is 19.3 Å². The summed E-state index contributed by atoms with van der Waals surface area (Å²) in [5, 5.41) is 7.83. The molecule has 4 rings (SSSR count). The van der Waals surface area contributed by atoms with E-state index in [1.165, 1.54) is 4.90 Å². The van der Waals surface area contributed by atoms with Crippen molar-refractivity contribution in [3.63, 3.8) is 0 Å². The van der Waals surface area contributed by atoms with Crippen molar-refractivity contribution in [3.05, 3.63) is 59.6 Å². The number of aromatic nitrogens is 4. The van der Waals surface area contributed by atoms with Crippen molar-refractivity contribution >= 4 is 23.8 Å². The number of pyridine rings is 1. The van der Waals surface area contributed by atoms with Crippen LogP contribution in [0.15, 0.2) is 54.9 Å². The van der Waals surface area contributed by atoms with Crippen LogP contribution in [-0.4, -0.2) is 38.3 Å². The molecule has 2 aromatic heterocycles. The van der Waals surface area contributed by atoms with Gasteiger partial charge in [-0.2, -0.15) is 4.68 Å². The lowest BCUT2D eigenvalue weighted by atomic mass is 9.96. The highest BCUT2D eigenvalue weighted by Crippen LogP contribution is 2.17. The molecule has 0 radical (unpaired) electrons. The summed E-state index contributed by atoms with van der Waals surface area (Å²) < 4.78 is 4.72. The van der Waals surface area contributed by atoms with Gasteiger partial charge in [0.1, 0.15) is 0 Å². The second-order valence-electron chi connectivity index (χ2n) is 7.62. The predicted octanol–water partition coefficient (Wildman–Crippen LogP) is 2.39. The van der Waals surface area contributed by atoms with Crippen molar-refractivity contribution in [2.45, 2.75) is 33.0 Å². The topological polar surface area (TPSA) is 69.2 Å². The highest BCUT2D eigenvalue weighted by atomic mass is 32.1. The van der Waals surface area contributed by atoms with E-state index in [2.05, 4.69) is 21.8 Å². The first-order valence-electron chi connectivity index (χ1n) is 10.4. The molecule has 3 aromatic rings. The third kappa shape index (κ3) is 4.49. The SMILES string of the molecule is CCn1c(-c2ccncc2)nn(C[NH+]2CCC(C(=O)Nc3ccccc3)CC2)c1=S. The number of carbonyl (C=O) groups excluding carboxylic acids is 1. The Morgan fingerprint density at radius 1 is 1.17 bits per heavy atom. The maximum absolute atomic E-state index is 12.6. The van der Waals surface area contributed by atoms with Gasteiger partial charge < -0.3 is 14.8 Å². The van der Waals surface area contributed by atoms with E-state index >= 15 is 0 Å². The minimum absolute atomic E-state index is 0.0579. The summed E-state index contributed by atoms with van der Waals surface area (Å²) in [6.07, 6.45) is 5.28. The lowest BCUT2D eigenvalue weighted by Gasteiger charge is -2.28. The summed E-state index contributed by atoms with van der Waals surface area (Å²) >= 11 is 5.69. The quantitative estimate of drug-likeness (QED) is 0.598. The van der Waals surface area contributed by atoms with E-state index in [1.54, 1.807) is 12.4 Å². The molecule has 0 spiro atoms. The Hall–Kier alpha value is -2.84. The molecule has 0 aliphatic carbocycles. The molecule has 1 aliphatic heterocycles. The number of carbonyl (C=O) groups is 1. The molecule has 0 unspecified atom stereocenters. The lowest BCUT2D eigenvalue weighted by molar-refractivity contribution is -0.928. The van der Waals surface area contributed by atoms with Crippen LogP contribution in [0, 0.1) is 10.7 Å². The first kappa shape index (κ1) is 20.4. The standard InChI is InChI=1S/C22H26N6OS/c1-2-27-20(17-8-12-23-13-9-17)25-28(22(27)30)16-26-14-10-18(11-15-26)21(29)24-19-6-4-3-5-7-19/h3-9,12-13,18H,2,10-11,14-16H2,1H3,(H,24,29)/p+1. The maximum Gasteiger partial charge on any atom is 0.227 e. The fraction of sp³-hybridized carbons (Fsp3) is 0.364. The minimum Gasteiger partial charge on any atom is -0.326 e. The van der Waals surface area contributed by atoms with E-state index < -0.39 is 0 Å². The second-order valence-corrected chi connectivity index (χ2v) is 7.99. The molecule has 3 heterocycles. The van der Waals surface area contributed by atoms with Crippen molar-refractivity contribution in [2.75, 3.05) is 18.4 Å². The molecule has 1 aliphatic rings. The normalized spacial score (nSPS) is 18.8. The Labute approximate surface area is 181 Å². The molecular weight excluding hydrogens is 396 g/mol. The smallest absolute Gasteiger partial charge is 0.227 e. The second kappa shape index (κ2) is 9.32. The van der Waals surface area contributed by atoms with Gasteiger partial charge >= 0.3 is 0 Å². The fourth-order valence-corrected chi connectivity index (χ4v) is 4.29. The number of amides is 1. The number of benzene rings is 1. The molecule has 1 saturated heterocycles. The number of likely N-dealkylation sites (tertiary alicyclic amines) is 1. The van der Waals surface area contributed by atoms with Crippen LogP contribution in [-0.2, 0) is 18.0 Å². The average molecular weight is 424 g/mol. The summed E-state index contributed by atoms with van der Waals surface area (Å²) in [6, 6.07) is 13.6.